The van der Waals surface area contributed by atoms with Gasteiger partial charge in [-0.1, -0.05) is 43.2 Å². The van der Waals surface area contributed by atoms with Gasteiger partial charge in [-0.2, -0.15) is 0 Å². The van der Waals surface area contributed by atoms with E-state index in [1.54, 1.807) is 0 Å². The van der Waals surface area contributed by atoms with E-state index in [0.717, 1.165) is 30.7 Å². The van der Waals surface area contributed by atoms with Crippen LogP contribution in [0.25, 0.3) is 0 Å². The zero-order chi connectivity index (χ0) is 17.4. The average Bonchev–Trinajstić information content (AvgIpc) is 2.60. The Morgan fingerprint density at radius 2 is 1.50 bits per heavy atom. The lowest BCUT2D eigenvalue weighted by atomic mass is 9.47. The Morgan fingerprint density at radius 1 is 0.846 bits per heavy atom. The topological polar surface area (TPSA) is 24.4 Å². The fourth-order valence-corrected chi connectivity index (χ4v) is 7.07. The Morgan fingerprint density at radius 3 is 2.19 bits per heavy atom. The van der Waals surface area contributed by atoms with E-state index in [4.69, 9.17) is 4.99 Å². The van der Waals surface area contributed by atoms with Crippen LogP contribution in [0, 0.1) is 23.2 Å². The zero-order valence-electron chi connectivity index (χ0n) is 16.1. The molecule has 4 saturated carbocycles. The highest BCUT2D eigenvalue weighted by molar-refractivity contribution is 5.82. The van der Waals surface area contributed by atoms with E-state index in [1.165, 1.54) is 75.6 Å². The molecule has 0 spiro atoms. The van der Waals surface area contributed by atoms with Gasteiger partial charge >= 0.3 is 0 Å². The summed E-state index contributed by atoms with van der Waals surface area (Å²) < 4.78 is 0. The molecule has 5 aliphatic rings. The maximum absolute atomic E-state index is 5.50. The first kappa shape index (κ1) is 16.8. The van der Waals surface area contributed by atoms with Crippen LogP contribution in [-0.4, -0.2) is 12.4 Å². The molecule has 4 bridgehead atoms. The van der Waals surface area contributed by atoms with Crippen LogP contribution in [0.1, 0.15) is 82.2 Å². The van der Waals surface area contributed by atoms with Crippen molar-refractivity contribution in [3.63, 3.8) is 0 Å². The van der Waals surface area contributed by atoms with Gasteiger partial charge in [-0.25, -0.2) is 0 Å². The molecule has 0 aromatic heterocycles. The maximum atomic E-state index is 5.50. The summed E-state index contributed by atoms with van der Waals surface area (Å²) in [6.45, 7) is 1.11. The smallest absolute Gasteiger partial charge is 0.0970 e. The fraction of sp³-hybridized carbons (Fsp3) is 0.708. The average molecular weight is 351 g/mol. The second-order valence-corrected chi connectivity index (χ2v) is 9.76. The Bertz CT molecular complexity index is 602. The van der Waals surface area contributed by atoms with Gasteiger partial charge in [-0.05, 0) is 80.1 Å². The summed E-state index contributed by atoms with van der Waals surface area (Å²) >= 11 is 0. The SMILES string of the molecule is c1ccc(C(/N=C2/CCCCCCN2)C23CC4CC(CC(C4)C2)C3)cc1. The maximum Gasteiger partial charge on any atom is 0.0970 e. The summed E-state index contributed by atoms with van der Waals surface area (Å²) in [5.41, 5.74) is 1.90. The van der Waals surface area contributed by atoms with Crippen LogP contribution in [0.15, 0.2) is 35.3 Å². The van der Waals surface area contributed by atoms with Gasteiger partial charge in [0.2, 0.25) is 0 Å². The molecule has 1 N–H and O–H groups in total. The van der Waals surface area contributed by atoms with Gasteiger partial charge < -0.3 is 5.32 Å². The van der Waals surface area contributed by atoms with Crippen molar-refractivity contribution in [2.75, 3.05) is 6.54 Å². The summed E-state index contributed by atoms with van der Waals surface area (Å²) in [5, 5.41) is 3.70. The van der Waals surface area contributed by atoms with E-state index in [-0.39, 0.29) is 0 Å². The third-order valence-electron chi connectivity index (χ3n) is 7.74. The minimum Gasteiger partial charge on any atom is -0.374 e. The Kier molecular flexibility index (Phi) is 4.54. The van der Waals surface area contributed by atoms with Crippen molar-refractivity contribution in [3.05, 3.63) is 35.9 Å². The van der Waals surface area contributed by atoms with E-state index in [2.05, 4.69) is 35.6 Å². The molecular weight excluding hydrogens is 316 g/mol. The van der Waals surface area contributed by atoms with Crippen LogP contribution < -0.4 is 5.32 Å². The molecule has 1 atom stereocenters. The lowest BCUT2D eigenvalue weighted by Crippen LogP contribution is -2.49. The van der Waals surface area contributed by atoms with E-state index < -0.39 is 0 Å². The molecule has 26 heavy (non-hydrogen) atoms. The Labute approximate surface area is 158 Å². The predicted octanol–water partition coefficient (Wildman–Crippen LogP) is 5.90. The number of aliphatic imine (C=N–C) groups is 1. The molecule has 140 valence electrons. The van der Waals surface area contributed by atoms with Crippen molar-refractivity contribution >= 4 is 5.84 Å². The number of hydrogen-bond donors (Lipinski definition) is 1. The number of benzene rings is 1. The fourth-order valence-electron chi connectivity index (χ4n) is 7.07. The first-order valence-electron chi connectivity index (χ1n) is 11.2. The third-order valence-corrected chi connectivity index (χ3v) is 7.74. The molecule has 1 aromatic rings. The minimum absolute atomic E-state index is 0.374. The highest BCUT2D eigenvalue weighted by atomic mass is 15.0. The number of rotatable bonds is 3. The quantitative estimate of drug-likeness (QED) is 0.721. The van der Waals surface area contributed by atoms with E-state index in [1.807, 2.05) is 0 Å². The van der Waals surface area contributed by atoms with Gasteiger partial charge in [0, 0.05) is 13.0 Å². The summed E-state index contributed by atoms with van der Waals surface area (Å²) in [6.07, 6.45) is 15.3. The molecule has 0 radical (unpaired) electrons. The van der Waals surface area contributed by atoms with E-state index in [0.29, 0.717) is 11.5 Å². The molecular formula is C24H34N2. The van der Waals surface area contributed by atoms with Gasteiger partial charge in [0.05, 0.1) is 11.9 Å². The molecule has 1 saturated heterocycles. The summed E-state index contributed by atoms with van der Waals surface area (Å²) in [4.78, 5) is 5.50. The molecule has 2 heteroatoms. The molecule has 1 unspecified atom stereocenters. The summed E-state index contributed by atoms with van der Waals surface area (Å²) in [7, 11) is 0. The minimum atomic E-state index is 0.374. The normalized spacial score (nSPS) is 39.2. The molecule has 2 nitrogen and oxygen atoms in total. The first-order chi connectivity index (χ1) is 12.8. The van der Waals surface area contributed by atoms with Crippen molar-refractivity contribution in [2.45, 2.75) is 76.7 Å². The highest BCUT2D eigenvalue weighted by Gasteiger charge is 2.54. The number of nitrogens with zero attached hydrogens (tertiary/aromatic N) is 1. The largest absolute Gasteiger partial charge is 0.374 e. The summed E-state index contributed by atoms with van der Waals surface area (Å²) in [5.74, 6) is 4.25. The molecule has 4 aliphatic carbocycles. The second kappa shape index (κ2) is 7.02. The first-order valence-corrected chi connectivity index (χ1v) is 11.2. The van der Waals surface area contributed by atoms with Crippen LogP contribution in [0.2, 0.25) is 0 Å². The van der Waals surface area contributed by atoms with Crippen molar-refractivity contribution < 1.29 is 0 Å². The third kappa shape index (κ3) is 3.21. The van der Waals surface area contributed by atoms with Crippen LogP contribution in [-0.2, 0) is 0 Å². The lowest BCUT2D eigenvalue weighted by molar-refractivity contribution is -0.0673. The van der Waals surface area contributed by atoms with Gasteiger partial charge in [-0.15, -0.1) is 0 Å². The van der Waals surface area contributed by atoms with Crippen molar-refractivity contribution in [3.8, 4) is 0 Å². The van der Waals surface area contributed by atoms with Gasteiger partial charge in [0.25, 0.3) is 0 Å². The monoisotopic (exact) mass is 350 g/mol. The second-order valence-electron chi connectivity index (χ2n) is 9.76. The van der Waals surface area contributed by atoms with Crippen LogP contribution in [0.4, 0.5) is 0 Å². The number of nitrogens with one attached hydrogen (secondary N) is 1. The Hall–Kier alpha value is -1.31. The van der Waals surface area contributed by atoms with Crippen LogP contribution in [0.3, 0.4) is 0 Å². The summed E-state index contributed by atoms with van der Waals surface area (Å²) in [6, 6.07) is 11.6. The van der Waals surface area contributed by atoms with Gasteiger partial charge in [-0.3, -0.25) is 4.99 Å². The number of hydrogen-bond acceptors (Lipinski definition) is 1. The van der Waals surface area contributed by atoms with Gasteiger partial charge in [0.1, 0.15) is 0 Å². The molecule has 6 rings (SSSR count). The molecule has 0 amide bonds. The number of amidine groups is 1. The van der Waals surface area contributed by atoms with Crippen molar-refractivity contribution in [1.29, 1.82) is 0 Å². The molecule has 1 aromatic carbocycles. The van der Waals surface area contributed by atoms with Crippen LogP contribution in [0.5, 0.6) is 0 Å². The van der Waals surface area contributed by atoms with E-state index >= 15 is 0 Å². The lowest BCUT2D eigenvalue weighted by Gasteiger charge is -2.58. The van der Waals surface area contributed by atoms with Gasteiger partial charge in [0.15, 0.2) is 0 Å². The predicted molar refractivity (Wildman–Crippen MR) is 108 cm³/mol. The zero-order valence-corrected chi connectivity index (χ0v) is 16.1. The Balaban J connectivity index is 1.50. The molecule has 5 fully saturated rings. The molecule has 1 aliphatic heterocycles. The van der Waals surface area contributed by atoms with E-state index in [9.17, 15) is 0 Å². The molecule has 1 heterocycles. The standard InChI is InChI=1S/C24H34N2/c1-2-7-11-25-22(10-6-1)26-23(21-8-4-3-5-9-21)24-15-18-12-19(16-24)14-20(13-18)17-24/h3-5,8-9,18-20,23H,1-2,6-7,10-17H2,(H,25,26). The highest BCUT2D eigenvalue weighted by Crippen LogP contribution is 2.64. The van der Waals surface area contributed by atoms with Crippen molar-refractivity contribution in [2.24, 2.45) is 28.2 Å². The van der Waals surface area contributed by atoms with Crippen molar-refractivity contribution in [1.82, 2.24) is 5.32 Å². The van der Waals surface area contributed by atoms with Crippen LogP contribution >= 0.6 is 0 Å².